The highest BCUT2D eigenvalue weighted by atomic mass is 35.5. The average molecular weight is 204 g/mol. The monoisotopic (exact) mass is 203 g/mol. The molecule has 2 nitrogen and oxygen atoms in total. The van der Waals surface area contributed by atoms with E-state index in [4.69, 9.17) is 28.4 Å². The summed E-state index contributed by atoms with van der Waals surface area (Å²) >= 11 is 11.4. The summed E-state index contributed by atoms with van der Waals surface area (Å²) in [6.45, 7) is 1.81. The van der Waals surface area contributed by atoms with Crippen molar-refractivity contribution in [2.75, 3.05) is 0 Å². The number of hydrogen-bond donors (Lipinski definition) is 1. The second-order valence-corrected chi connectivity index (χ2v) is 3.07. The molecule has 0 heterocycles. The zero-order chi connectivity index (χ0) is 9.14. The van der Waals surface area contributed by atoms with E-state index in [2.05, 4.69) is 5.16 Å². The van der Waals surface area contributed by atoms with E-state index < -0.39 is 0 Å². The van der Waals surface area contributed by atoms with Crippen molar-refractivity contribution in [1.82, 2.24) is 0 Å². The van der Waals surface area contributed by atoms with Gasteiger partial charge in [0.1, 0.15) is 0 Å². The third-order valence-electron chi connectivity index (χ3n) is 1.58. The van der Waals surface area contributed by atoms with Crippen molar-refractivity contribution in [2.45, 2.75) is 6.92 Å². The first-order valence-corrected chi connectivity index (χ1v) is 4.05. The van der Waals surface area contributed by atoms with Crippen LogP contribution in [0.2, 0.25) is 5.02 Å². The van der Waals surface area contributed by atoms with Crippen molar-refractivity contribution in [3.63, 3.8) is 0 Å². The van der Waals surface area contributed by atoms with E-state index in [1.807, 2.05) is 6.92 Å². The van der Waals surface area contributed by atoms with E-state index in [1.54, 1.807) is 18.2 Å². The van der Waals surface area contributed by atoms with Gasteiger partial charge in [0.25, 0.3) is 0 Å². The molecule has 0 aromatic heterocycles. The van der Waals surface area contributed by atoms with Gasteiger partial charge in [-0.25, -0.2) is 0 Å². The number of rotatable bonds is 1. The minimum atomic E-state index is 0.0509. The van der Waals surface area contributed by atoms with Gasteiger partial charge in [0.15, 0.2) is 5.17 Å². The van der Waals surface area contributed by atoms with Gasteiger partial charge in [-0.3, -0.25) is 0 Å². The molecular formula is C8H7Cl2NO. The van der Waals surface area contributed by atoms with Gasteiger partial charge in [0.2, 0.25) is 0 Å². The Bertz CT molecular complexity index is 323. The van der Waals surface area contributed by atoms with Crippen LogP contribution in [-0.2, 0) is 0 Å². The summed E-state index contributed by atoms with van der Waals surface area (Å²) in [5, 5.41) is 12.0. The lowest BCUT2D eigenvalue weighted by Crippen LogP contribution is -1.94. The van der Waals surface area contributed by atoms with Crippen molar-refractivity contribution in [3.05, 3.63) is 34.3 Å². The fourth-order valence-electron chi connectivity index (χ4n) is 0.885. The molecule has 1 N–H and O–H groups in total. The number of hydrogen-bond acceptors (Lipinski definition) is 2. The lowest BCUT2D eigenvalue weighted by molar-refractivity contribution is 0.321. The van der Waals surface area contributed by atoms with Crippen LogP contribution in [0, 0.1) is 6.92 Å². The van der Waals surface area contributed by atoms with Crippen molar-refractivity contribution in [3.8, 4) is 0 Å². The molecule has 0 aliphatic rings. The summed E-state index contributed by atoms with van der Waals surface area (Å²) < 4.78 is 0. The predicted molar refractivity (Wildman–Crippen MR) is 50.4 cm³/mol. The molecule has 1 rings (SSSR count). The first-order valence-electron chi connectivity index (χ1n) is 3.30. The third-order valence-corrected chi connectivity index (χ3v) is 2.27. The molecule has 0 saturated carbocycles. The molecule has 1 aromatic carbocycles. The third kappa shape index (κ3) is 1.71. The number of benzene rings is 1. The Morgan fingerprint density at radius 3 is 2.75 bits per heavy atom. The molecule has 1 aromatic rings. The van der Waals surface area contributed by atoms with Crippen LogP contribution in [0.5, 0.6) is 0 Å². The van der Waals surface area contributed by atoms with E-state index in [0.717, 1.165) is 5.56 Å². The Morgan fingerprint density at radius 2 is 2.17 bits per heavy atom. The molecule has 0 unspecified atom stereocenters. The van der Waals surface area contributed by atoms with Gasteiger partial charge in [-0.1, -0.05) is 40.5 Å². The highest BCUT2D eigenvalue weighted by Crippen LogP contribution is 2.20. The van der Waals surface area contributed by atoms with Crippen LogP contribution in [0.4, 0.5) is 0 Å². The zero-order valence-corrected chi connectivity index (χ0v) is 7.89. The molecule has 0 atom stereocenters. The maximum atomic E-state index is 8.42. The van der Waals surface area contributed by atoms with E-state index in [-0.39, 0.29) is 5.17 Å². The average Bonchev–Trinajstić information content (AvgIpc) is 2.08. The second-order valence-electron chi connectivity index (χ2n) is 2.30. The van der Waals surface area contributed by atoms with Gasteiger partial charge in [0, 0.05) is 10.6 Å². The van der Waals surface area contributed by atoms with Crippen molar-refractivity contribution >= 4 is 28.4 Å². The van der Waals surface area contributed by atoms with Crippen LogP contribution in [0.1, 0.15) is 11.1 Å². The Hall–Kier alpha value is -0.730. The van der Waals surface area contributed by atoms with Crippen LogP contribution < -0.4 is 0 Å². The normalized spacial score (nSPS) is 11.8. The van der Waals surface area contributed by atoms with Gasteiger partial charge >= 0.3 is 0 Å². The Balaban J connectivity index is 3.26. The molecule has 64 valence electrons. The first-order chi connectivity index (χ1) is 5.66. The van der Waals surface area contributed by atoms with Gasteiger partial charge in [0.05, 0.1) is 0 Å². The largest absolute Gasteiger partial charge is 0.410 e. The number of oxime groups is 1. The number of nitrogens with zero attached hydrogens (tertiary/aromatic N) is 1. The Kier molecular flexibility index (Phi) is 2.95. The highest BCUT2D eigenvalue weighted by Gasteiger charge is 2.06. The summed E-state index contributed by atoms with van der Waals surface area (Å²) in [6, 6.07) is 5.24. The first kappa shape index (κ1) is 9.36. The molecule has 0 fully saturated rings. The van der Waals surface area contributed by atoms with Crippen molar-refractivity contribution in [1.29, 1.82) is 0 Å². The molecular weight excluding hydrogens is 197 g/mol. The predicted octanol–water partition coefficient (Wildman–Crippen LogP) is 3.02. The van der Waals surface area contributed by atoms with E-state index in [0.29, 0.717) is 10.6 Å². The van der Waals surface area contributed by atoms with E-state index in [1.165, 1.54) is 0 Å². The quantitative estimate of drug-likeness (QED) is 0.425. The smallest absolute Gasteiger partial charge is 0.175 e. The highest BCUT2D eigenvalue weighted by molar-refractivity contribution is 6.69. The molecule has 4 heteroatoms. The minimum absolute atomic E-state index is 0.0509. The van der Waals surface area contributed by atoms with Crippen molar-refractivity contribution < 1.29 is 5.21 Å². The van der Waals surface area contributed by atoms with Crippen LogP contribution >= 0.6 is 23.2 Å². The molecule has 0 amide bonds. The maximum Gasteiger partial charge on any atom is 0.175 e. The lowest BCUT2D eigenvalue weighted by Gasteiger charge is -2.02. The molecule has 0 aliphatic heterocycles. The Labute approximate surface area is 80.4 Å². The van der Waals surface area contributed by atoms with Gasteiger partial charge in [-0.15, -0.1) is 0 Å². The van der Waals surface area contributed by atoms with Crippen LogP contribution in [0.25, 0.3) is 0 Å². The molecule has 0 spiro atoms. The maximum absolute atomic E-state index is 8.42. The molecule has 0 radical (unpaired) electrons. The standard InChI is InChI=1S/C8H7Cl2NO/c1-5-6(8(10)11-12)3-2-4-7(5)9/h2-4,12H,1H3/b11-8-. The molecule has 12 heavy (non-hydrogen) atoms. The fourth-order valence-corrected chi connectivity index (χ4v) is 1.26. The van der Waals surface area contributed by atoms with Gasteiger partial charge in [-0.2, -0.15) is 0 Å². The van der Waals surface area contributed by atoms with Gasteiger partial charge in [-0.05, 0) is 18.6 Å². The molecule has 0 bridgehead atoms. The van der Waals surface area contributed by atoms with Crippen molar-refractivity contribution in [2.24, 2.45) is 5.16 Å². The fraction of sp³-hybridized carbons (Fsp3) is 0.125. The van der Waals surface area contributed by atoms with Crippen LogP contribution in [0.15, 0.2) is 23.4 Å². The summed E-state index contributed by atoms with van der Waals surface area (Å²) in [6.07, 6.45) is 0. The molecule has 0 saturated heterocycles. The van der Waals surface area contributed by atoms with Crippen LogP contribution in [-0.4, -0.2) is 10.4 Å². The second kappa shape index (κ2) is 3.78. The van der Waals surface area contributed by atoms with Gasteiger partial charge < -0.3 is 5.21 Å². The Morgan fingerprint density at radius 1 is 1.50 bits per heavy atom. The lowest BCUT2D eigenvalue weighted by atomic mass is 10.1. The zero-order valence-electron chi connectivity index (χ0n) is 6.38. The van der Waals surface area contributed by atoms with Crippen LogP contribution in [0.3, 0.4) is 0 Å². The van der Waals surface area contributed by atoms with E-state index >= 15 is 0 Å². The SMILES string of the molecule is Cc1c(Cl)cccc1/C(Cl)=N/O. The number of halogens is 2. The topological polar surface area (TPSA) is 32.6 Å². The summed E-state index contributed by atoms with van der Waals surface area (Å²) in [5.41, 5.74) is 1.45. The molecule has 0 aliphatic carbocycles. The summed E-state index contributed by atoms with van der Waals surface area (Å²) in [5.74, 6) is 0. The summed E-state index contributed by atoms with van der Waals surface area (Å²) in [7, 11) is 0. The van der Waals surface area contributed by atoms with E-state index in [9.17, 15) is 0 Å². The minimum Gasteiger partial charge on any atom is -0.410 e. The summed E-state index contributed by atoms with van der Waals surface area (Å²) in [4.78, 5) is 0.